The Morgan fingerprint density at radius 2 is 1.58 bits per heavy atom. The molecule has 15 heteroatoms. The van der Waals surface area contributed by atoms with Crippen molar-refractivity contribution in [1.29, 1.82) is 0 Å². The lowest BCUT2D eigenvalue weighted by Gasteiger charge is -2.36. The second-order valence-corrected chi connectivity index (χ2v) is 9.94. The van der Waals surface area contributed by atoms with Crippen LogP contribution in [0.1, 0.15) is 17.3 Å². The zero-order valence-electron chi connectivity index (χ0n) is 18.7. The van der Waals surface area contributed by atoms with Crippen molar-refractivity contribution in [3.05, 3.63) is 52.0 Å². The number of carbonyl (C=O) groups is 2. The van der Waals surface area contributed by atoms with Crippen LogP contribution in [0.5, 0.6) is 0 Å². The van der Waals surface area contributed by atoms with Gasteiger partial charge in [-0.1, -0.05) is 30.1 Å². The third-order valence-corrected chi connectivity index (χ3v) is 7.19. The van der Waals surface area contributed by atoms with Crippen molar-refractivity contribution in [2.75, 3.05) is 42.3 Å². The average molecular weight is 572 g/mol. The predicted octanol–water partition coefficient (Wildman–Crippen LogP) is 4.27. The van der Waals surface area contributed by atoms with E-state index in [1.54, 1.807) is 6.07 Å². The highest BCUT2D eigenvalue weighted by Crippen LogP contribution is 2.32. The molecule has 0 spiro atoms. The Bertz CT molecular complexity index is 1220. The van der Waals surface area contributed by atoms with Gasteiger partial charge < -0.3 is 20.0 Å². The Kier molecular flexibility index (Phi) is 9.83. The highest BCUT2D eigenvalue weighted by molar-refractivity contribution is 7.92. The van der Waals surface area contributed by atoms with Crippen LogP contribution >= 0.6 is 23.2 Å². The number of hydrogen-bond donors (Lipinski definition) is 3. The molecule has 0 saturated carbocycles. The van der Waals surface area contributed by atoms with E-state index in [1.807, 2.05) is 4.90 Å². The number of benzene rings is 2. The zero-order chi connectivity index (χ0) is 27.3. The van der Waals surface area contributed by atoms with Crippen LogP contribution in [0.15, 0.2) is 41.3 Å². The number of nitrogens with zero attached hydrogens (tertiary/aromatic N) is 2. The molecule has 1 heterocycles. The number of likely N-dealkylation sites (N-methyl/N-ethyl adjacent to an activating group) is 1. The molecule has 3 N–H and O–H groups in total. The number of rotatable bonds is 6. The van der Waals surface area contributed by atoms with Gasteiger partial charge in [-0.15, -0.1) is 0 Å². The number of piperazine rings is 1. The summed E-state index contributed by atoms with van der Waals surface area (Å²) in [5.74, 6) is -3.89. The Morgan fingerprint density at radius 3 is 2.06 bits per heavy atom. The molecular formula is C21H22Cl2F3N3O6S. The van der Waals surface area contributed by atoms with Gasteiger partial charge in [0.25, 0.3) is 10.0 Å². The van der Waals surface area contributed by atoms with Crippen molar-refractivity contribution in [3.8, 4) is 0 Å². The van der Waals surface area contributed by atoms with E-state index in [0.29, 0.717) is 18.8 Å². The fourth-order valence-corrected chi connectivity index (χ4v) is 4.63. The van der Waals surface area contributed by atoms with Gasteiger partial charge in [0.15, 0.2) is 0 Å². The molecule has 2 aromatic carbocycles. The molecule has 0 radical (unpaired) electrons. The normalized spacial score (nSPS) is 14.6. The van der Waals surface area contributed by atoms with Crippen molar-refractivity contribution < 1.29 is 41.4 Å². The van der Waals surface area contributed by atoms with Crippen LogP contribution in [0.25, 0.3) is 0 Å². The summed E-state index contributed by atoms with van der Waals surface area (Å²) in [5.41, 5.74) is 0.836. The third kappa shape index (κ3) is 7.88. The van der Waals surface area contributed by atoms with E-state index in [2.05, 4.69) is 16.5 Å². The maximum Gasteiger partial charge on any atom is 0.490 e. The fraction of sp³-hybridized carbons (Fsp3) is 0.333. The van der Waals surface area contributed by atoms with E-state index in [0.717, 1.165) is 19.6 Å². The molecule has 2 aromatic rings. The van der Waals surface area contributed by atoms with Gasteiger partial charge in [-0.3, -0.25) is 4.72 Å². The number of aliphatic carboxylic acids is 1. The minimum absolute atomic E-state index is 0.00668. The fourth-order valence-electron chi connectivity index (χ4n) is 3.18. The lowest BCUT2D eigenvalue weighted by molar-refractivity contribution is -0.192. The van der Waals surface area contributed by atoms with E-state index in [4.69, 9.17) is 33.1 Å². The number of hydrogen-bond acceptors (Lipinski definition) is 6. The predicted molar refractivity (Wildman–Crippen MR) is 129 cm³/mol. The topological polar surface area (TPSA) is 127 Å². The second-order valence-electron chi connectivity index (χ2n) is 7.44. The second kappa shape index (κ2) is 12.0. The van der Waals surface area contributed by atoms with Gasteiger partial charge in [0.1, 0.15) is 0 Å². The number of carboxylic acid groups (broad SMARTS) is 2. The summed E-state index contributed by atoms with van der Waals surface area (Å²) >= 11 is 11.8. The molecule has 0 unspecified atom stereocenters. The van der Waals surface area contributed by atoms with Crippen LogP contribution in [-0.2, 0) is 14.8 Å². The van der Waals surface area contributed by atoms with Crippen molar-refractivity contribution in [3.63, 3.8) is 0 Å². The first-order chi connectivity index (χ1) is 16.7. The van der Waals surface area contributed by atoms with Gasteiger partial charge in [0.05, 0.1) is 31.9 Å². The Morgan fingerprint density at radius 1 is 1.00 bits per heavy atom. The number of halogens is 5. The Labute approximate surface area is 215 Å². The zero-order valence-corrected chi connectivity index (χ0v) is 21.0. The smallest absolute Gasteiger partial charge is 0.478 e. The number of anilines is 2. The molecule has 0 aromatic heterocycles. The monoisotopic (exact) mass is 571 g/mol. The molecule has 198 valence electrons. The highest BCUT2D eigenvalue weighted by atomic mass is 35.5. The van der Waals surface area contributed by atoms with Gasteiger partial charge in [-0.2, -0.15) is 13.2 Å². The maximum absolute atomic E-state index is 12.9. The van der Waals surface area contributed by atoms with E-state index < -0.39 is 28.1 Å². The van der Waals surface area contributed by atoms with Crippen molar-refractivity contribution in [2.45, 2.75) is 18.0 Å². The van der Waals surface area contributed by atoms with Crippen LogP contribution < -0.4 is 9.62 Å². The number of aromatic carboxylic acids is 1. The first-order valence-electron chi connectivity index (χ1n) is 10.3. The summed E-state index contributed by atoms with van der Waals surface area (Å²) in [5, 5.41) is 16.8. The molecule has 0 amide bonds. The van der Waals surface area contributed by atoms with Crippen LogP contribution in [0.4, 0.5) is 24.5 Å². The van der Waals surface area contributed by atoms with Crippen molar-refractivity contribution >= 4 is 56.5 Å². The van der Waals surface area contributed by atoms with Gasteiger partial charge in [0, 0.05) is 26.2 Å². The minimum Gasteiger partial charge on any atom is -0.478 e. The molecule has 3 rings (SSSR count). The maximum atomic E-state index is 12.9. The first-order valence-corrected chi connectivity index (χ1v) is 12.5. The van der Waals surface area contributed by atoms with Gasteiger partial charge in [-0.05, 0) is 42.9 Å². The van der Waals surface area contributed by atoms with E-state index in [-0.39, 0.29) is 26.2 Å². The van der Waals surface area contributed by atoms with Gasteiger partial charge in [-0.25, -0.2) is 18.0 Å². The number of nitrogens with one attached hydrogen (secondary N) is 1. The SMILES string of the molecule is CCN1CCN(c2ccc(C(=O)O)cc2NS(=O)(=O)c2ccc(Cl)c(Cl)c2)CC1.O=C(O)C(F)(F)F. The van der Waals surface area contributed by atoms with E-state index in [9.17, 15) is 31.5 Å². The molecule has 1 fully saturated rings. The molecule has 0 bridgehead atoms. The summed E-state index contributed by atoms with van der Waals surface area (Å²) < 4.78 is 60.0. The molecule has 1 aliphatic rings. The molecule has 1 aliphatic heterocycles. The summed E-state index contributed by atoms with van der Waals surface area (Å²) in [6.07, 6.45) is -5.08. The lowest BCUT2D eigenvalue weighted by atomic mass is 10.1. The average Bonchev–Trinajstić information content (AvgIpc) is 2.80. The van der Waals surface area contributed by atoms with Crippen molar-refractivity contribution in [1.82, 2.24) is 4.90 Å². The minimum atomic E-state index is -5.08. The van der Waals surface area contributed by atoms with Crippen LogP contribution in [0.2, 0.25) is 10.0 Å². The quantitative estimate of drug-likeness (QED) is 0.469. The van der Waals surface area contributed by atoms with Gasteiger partial charge in [0.2, 0.25) is 0 Å². The van der Waals surface area contributed by atoms with Crippen molar-refractivity contribution in [2.24, 2.45) is 0 Å². The standard InChI is InChI=1S/C19H21Cl2N3O4S.C2HF3O2/c1-2-23-7-9-24(10-8-23)18-6-3-13(19(25)26)11-17(18)22-29(27,28)14-4-5-15(20)16(21)12-14;3-2(4,5)1(6)7/h3-6,11-12,22H,2,7-10H2,1H3,(H,25,26);(H,6,7). The van der Waals surface area contributed by atoms with Gasteiger partial charge >= 0.3 is 18.1 Å². The summed E-state index contributed by atoms with van der Waals surface area (Å²) in [7, 11) is -3.99. The Hall–Kier alpha value is -2.74. The summed E-state index contributed by atoms with van der Waals surface area (Å²) in [6.45, 7) is 6.15. The van der Waals surface area contributed by atoms with E-state index in [1.165, 1.54) is 30.3 Å². The number of alkyl halides is 3. The van der Waals surface area contributed by atoms with Crippen LogP contribution in [-0.4, -0.2) is 74.4 Å². The molecular weight excluding hydrogens is 550 g/mol. The Balaban J connectivity index is 0.000000572. The third-order valence-electron chi connectivity index (χ3n) is 5.09. The molecule has 0 atom stereocenters. The summed E-state index contributed by atoms with van der Waals surface area (Å²) in [4.78, 5) is 24.6. The largest absolute Gasteiger partial charge is 0.490 e. The highest BCUT2D eigenvalue weighted by Gasteiger charge is 2.38. The first kappa shape index (κ1) is 29.5. The van der Waals surface area contributed by atoms with E-state index >= 15 is 0 Å². The van der Waals surface area contributed by atoms with Crippen LogP contribution in [0, 0.1) is 0 Å². The molecule has 0 aliphatic carbocycles. The number of sulfonamides is 1. The number of carboxylic acids is 2. The lowest BCUT2D eigenvalue weighted by Crippen LogP contribution is -2.46. The molecule has 9 nitrogen and oxygen atoms in total. The van der Waals surface area contributed by atoms with Crippen LogP contribution in [0.3, 0.4) is 0 Å². The molecule has 1 saturated heterocycles. The molecule has 36 heavy (non-hydrogen) atoms. The summed E-state index contributed by atoms with van der Waals surface area (Å²) in [6, 6.07) is 8.44.